The van der Waals surface area contributed by atoms with E-state index in [1.54, 1.807) is 0 Å². The Morgan fingerprint density at radius 3 is 1.59 bits per heavy atom. The van der Waals surface area contributed by atoms with Crippen LogP contribution >= 0.6 is 11.6 Å². The largest absolute Gasteiger partial charge is 0.126 e. The van der Waals surface area contributed by atoms with Crippen molar-refractivity contribution in [3.8, 4) is 0 Å². The molecule has 0 bridgehead atoms. The third-order valence-corrected chi connectivity index (χ3v) is 3.62. The standard InChI is InChI=1S/C16H17Cl/c1-13(12-17)16(14-8-4-2-5-9-14)15-10-6-3-7-11-15/h2-11,13,16H,12H2,1H3. The molecule has 0 amide bonds. The van der Waals surface area contributed by atoms with E-state index in [4.69, 9.17) is 11.6 Å². The van der Waals surface area contributed by atoms with E-state index in [0.717, 1.165) is 0 Å². The van der Waals surface area contributed by atoms with Crippen LogP contribution in [0.3, 0.4) is 0 Å². The minimum atomic E-state index is 0.384. The summed E-state index contributed by atoms with van der Waals surface area (Å²) in [5.41, 5.74) is 2.68. The Labute approximate surface area is 108 Å². The summed E-state index contributed by atoms with van der Waals surface area (Å²) in [6.45, 7) is 2.21. The molecule has 0 aromatic heterocycles. The van der Waals surface area contributed by atoms with E-state index in [-0.39, 0.29) is 0 Å². The first-order valence-corrected chi connectivity index (χ1v) is 6.52. The van der Waals surface area contributed by atoms with Crippen LogP contribution in [0.1, 0.15) is 24.0 Å². The highest BCUT2D eigenvalue weighted by Gasteiger charge is 2.20. The molecule has 0 aliphatic carbocycles. The molecule has 17 heavy (non-hydrogen) atoms. The van der Waals surface area contributed by atoms with E-state index < -0.39 is 0 Å². The summed E-state index contributed by atoms with van der Waals surface area (Å²) in [5, 5.41) is 0. The van der Waals surface area contributed by atoms with Crippen LogP contribution in [0.2, 0.25) is 0 Å². The lowest BCUT2D eigenvalue weighted by Gasteiger charge is -2.23. The van der Waals surface area contributed by atoms with Crippen molar-refractivity contribution in [3.05, 3.63) is 71.8 Å². The quantitative estimate of drug-likeness (QED) is 0.685. The van der Waals surface area contributed by atoms with Crippen molar-refractivity contribution in [2.75, 3.05) is 5.88 Å². The van der Waals surface area contributed by atoms with E-state index in [9.17, 15) is 0 Å². The summed E-state index contributed by atoms with van der Waals surface area (Å²) in [7, 11) is 0. The van der Waals surface area contributed by atoms with Crippen molar-refractivity contribution in [2.24, 2.45) is 5.92 Å². The van der Waals surface area contributed by atoms with Gasteiger partial charge >= 0.3 is 0 Å². The fourth-order valence-electron chi connectivity index (χ4n) is 2.26. The molecule has 0 aliphatic rings. The minimum absolute atomic E-state index is 0.384. The molecule has 0 N–H and O–H groups in total. The Hall–Kier alpha value is -1.27. The third kappa shape index (κ3) is 2.89. The Bertz CT molecular complexity index is 396. The minimum Gasteiger partial charge on any atom is -0.126 e. The Kier molecular flexibility index (Phi) is 4.22. The van der Waals surface area contributed by atoms with Gasteiger partial charge in [-0.05, 0) is 17.0 Å². The molecule has 0 radical (unpaired) electrons. The second-order valence-corrected chi connectivity index (χ2v) is 4.74. The number of rotatable bonds is 4. The fraction of sp³-hybridized carbons (Fsp3) is 0.250. The van der Waals surface area contributed by atoms with Crippen LogP contribution in [0.15, 0.2) is 60.7 Å². The van der Waals surface area contributed by atoms with Crippen LogP contribution in [-0.2, 0) is 0 Å². The molecule has 0 heterocycles. The highest BCUT2D eigenvalue weighted by molar-refractivity contribution is 6.18. The zero-order valence-corrected chi connectivity index (χ0v) is 10.8. The van der Waals surface area contributed by atoms with Crippen molar-refractivity contribution in [3.63, 3.8) is 0 Å². The van der Waals surface area contributed by atoms with Crippen molar-refractivity contribution in [1.82, 2.24) is 0 Å². The maximum atomic E-state index is 6.05. The van der Waals surface area contributed by atoms with Crippen LogP contribution < -0.4 is 0 Å². The maximum Gasteiger partial charge on any atom is 0.0258 e. The van der Waals surface area contributed by atoms with E-state index in [2.05, 4.69) is 67.6 Å². The summed E-state index contributed by atoms with van der Waals surface area (Å²) >= 11 is 6.05. The van der Waals surface area contributed by atoms with Gasteiger partial charge in [0.25, 0.3) is 0 Å². The predicted molar refractivity (Wildman–Crippen MR) is 74.6 cm³/mol. The number of hydrogen-bond donors (Lipinski definition) is 0. The normalized spacial score (nSPS) is 12.6. The highest BCUT2D eigenvalue weighted by Crippen LogP contribution is 2.32. The van der Waals surface area contributed by atoms with Gasteiger partial charge in [-0.3, -0.25) is 0 Å². The molecule has 0 saturated heterocycles. The van der Waals surface area contributed by atoms with Crippen LogP contribution in [0.25, 0.3) is 0 Å². The molecule has 2 rings (SSSR count). The summed E-state index contributed by atoms with van der Waals surface area (Å²) in [5.74, 6) is 1.49. The van der Waals surface area contributed by atoms with Gasteiger partial charge in [-0.2, -0.15) is 0 Å². The van der Waals surface area contributed by atoms with Crippen molar-refractivity contribution in [2.45, 2.75) is 12.8 Å². The van der Waals surface area contributed by atoms with Gasteiger partial charge in [0.05, 0.1) is 0 Å². The predicted octanol–water partition coefficient (Wildman–Crippen LogP) is 4.69. The third-order valence-electron chi connectivity index (χ3n) is 3.13. The number of halogens is 1. The molecule has 0 aliphatic heterocycles. The molecular weight excluding hydrogens is 228 g/mol. The van der Waals surface area contributed by atoms with Crippen LogP contribution in [0.4, 0.5) is 0 Å². The molecule has 2 aromatic carbocycles. The summed E-state index contributed by atoms with van der Waals surface area (Å²) in [4.78, 5) is 0. The van der Waals surface area contributed by atoms with Crippen LogP contribution in [0, 0.1) is 5.92 Å². The van der Waals surface area contributed by atoms with Gasteiger partial charge in [0.15, 0.2) is 0 Å². The molecule has 0 spiro atoms. The van der Waals surface area contributed by atoms with Crippen molar-refractivity contribution in [1.29, 1.82) is 0 Å². The van der Waals surface area contributed by atoms with Crippen LogP contribution in [-0.4, -0.2) is 5.88 Å². The SMILES string of the molecule is CC(CCl)C(c1ccccc1)c1ccccc1. The van der Waals surface area contributed by atoms with Crippen molar-refractivity contribution < 1.29 is 0 Å². The van der Waals surface area contributed by atoms with Gasteiger partial charge in [-0.1, -0.05) is 67.6 Å². The van der Waals surface area contributed by atoms with Gasteiger partial charge in [-0.25, -0.2) is 0 Å². The van der Waals surface area contributed by atoms with Crippen LogP contribution in [0.5, 0.6) is 0 Å². The number of hydrogen-bond acceptors (Lipinski definition) is 0. The smallest absolute Gasteiger partial charge is 0.0258 e. The van der Waals surface area contributed by atoms with Gasteiger partial charge in [0.1, 0.15) is 0 Å². The molecule has 88 valence electrons. The monoisotopic (exact) mass is 244 g/mol. The first-order chi connectivity index (χ1) is 8.33. The van der Waals surface area contributed by atoms with E-state index in [1.165, 1.54) is 11.1 Å². The molecule has 1 heteroatoms. The molecular formula is C16H17Cl. The molecule has 2 aromatic rings. The van der Waals surface area contributed by atoms with Gasteiger partial charge in [0, 0.05) is 11.8 Å². The van der Waals surface area contributed by atoms with Gasteiger partial charge < -0.3 is 0 Å². The number of benzene rings is 2. The first kappa shape index (κ1) is 12.2. The summed E-state index contributed by atoms with van der Waals surface area (Å²) in [6, 6.07) is 21.2. The fourth-order valence-corrected chi connectivity index (χ4v) is 2.44. The summed E-state index contributed by atoms with van der Waals surface area (Å²) in [6.07, 6.45) is 0. The van der Waals surface area contributed by atoms with E-state index in [0.29, 0.717) is 17.7 Å². The Morgan fingerprint density at radius 2 is 1.24 bits per heavy atom. The first-order valence-electron chi connectivity index (χ1n) is 5.98. The second-order valence-electron chi connectivity index (χ2n) is 4.43. The lowest BCUT2D eigenvalue weighted by molar-refractivity contribution is 0.570. The maximum absolute atomic E-state index is 6.05. The second kappa shape index (κ2) is 5.88. The lowest BCUT2D eigenvalue weighted by atomic mass is 9.82. The van der Waals surface area contributed by atoms with Crippen molar-refractivity contribution >= 4 is 11.6 Å². The zero-order chi connectivity index (χ0) is 12.1. The summed E-state index contributed by atoms with van der Waals surface area (Å²) < 4.78 is 0. The topological polar surface area (TPSA) is 0 Å². The molecule has 0 saturated carbocycles. The van der Waals surface area contributed by atoms with Gasteiger partial charge in [-0.15, -0.1) is 11.6 Å². The van der Waals surface area contributed by atoms with E-state index in [1.807, 2.05) is 0 Å². The van der Waals surface area contributed by atoms with Gasteiger partial charge in [0.2, 0.25) is 0 Å². The average Bonchev–Trinajstić information content (AvgIpc) is 2.41. The molecule has 0 nitrogen and oxygen atoms in total. The number of alkyl halides is 1. The lowest BCUT2D eigenvalue weighted by Crippen LogP contribution is -2.12. The Morgan fingerprint density at radius 1 is 0.824 bits per heavy atom. The molecule has 1 unspecified atom stereocenters. The zero-order valence-electron chi connectivity index (χ0n) is 10.0. The van der Waals surface area contributed by atoms with E-state index >= 15 is 0 Å². The molecule has 0 fully saturated rings. The Balaban J connectivity index is 2.39. The average molecular weight is 245 g/mol. The highest BCUT2D eigenvalue weighted by atomic mass is 35.5. The molecule has 1 atom stereocenters.